The number of aromatic hydroxyl groups is 1. The maximum atomic E-state index is 12.9. The van der Waals surface area contributed by atoms with Crippen molar-refractivity contribution in [2.45, 2.75) is 38.8 Å². The molecule has 0 atom stereocenters. The molecule has 0 radical (unpaired) electrons. The number of rotatable bonds is 6. The van der Waals surface area contributed by atoms with E-state index < -0.39 is 0 Å². The summed E-state index contributed by atoms with van der Waals surface area (Å²) in [6, 6.07) is 12.3. The number of likely N-dealkylation sites (tertiary alicyclic amines) is 1. The van der Waals surface area contributed by atoms with E-state index >= 15 is 0 Å². The molecule has 2 aromatic carbocycles. The van der Waals surface area contributed by atoms with Crippen LogP contribution in [-0.4, -0.2) is 42.2 Å². The fraction of sp³-hybridized carbons (Fsp3) is 0.409. The van der Waals surface area contributed by atoms with Gasteiger partial charge in [-0.15, -0.1) is 0 Å². The average Bonchev–Trinajstić information content (AvgIpc) is 2.71. The fourth-order valence-corrected chi connectivity index (χ4v) is 4.19. The van der Waals surface area contributed by atoms with Gasteiger partial charge in [0.1, 0.15) is 17.1 Å². The van der Waals surface area contributed by atoms with Crippen LogP contribution < -0.4 is 10.1 Å². The number of nitrogens with one attached hydrogen (secondary N) is 1. The highest BCUT2D eigenvalue weighted by atomic mass is 79.9. The number of amides is 1. The van der Waals surface area contributed by atoms with Crippen LogP contribution in [0.2, 0.25) is 0 Å². The second-order valence-electron chi connectivity index (χ2n) is 7.14. The lowest BCUT2D eigenvalue weighted by molar-refractivity contribution is 0.0902. The average molecular weight is 447 g/mol. The van der Waals surface area contributed by atoms with E-state index in [1.165, 1.54) is 12.7 Å². The maximum absolute atomic E-state index is 12.9. The van der Waals surface area contributed by atoms with Crippen molar-refractivity contribution in [1.82, 2.24) is 10.2 Å². The van der Waals surface area contributed by atoms with Gasteiger partial charge in [-0.05, 0) is 52.4 Å². The Bertz CT molecular complexity index is 818. The monoisotopic (exact) mass is 446 g/mol. The molecular formula is C22H27BrN2O3. The summed E-state index contributed by atoms with van der Waals surface area (Å²) in [4.78, 5) is 15.3. The van der Waals surface area contributed by atoms with Crippen LogP contribution in [0.4, 0.5) is 0 Å². The smallest absolute Gasteiger partial charge is 0.259 e. The van der Waals surface area contributed by atoms with Gasteiger partial charge in [-0.2, -0.15) is 0 Å². The lowest BCUT2D eigenvalue weighted by Gasteiger charge is -2.32. The first kappa shape index (κ1) is 20.7. The molecule has 6 heteroatoms. The number of phenols is 1. The molecular weight excluding hydrogens is 420 g/mol. The van der Waals surface area contributed by atoms with Crippen LogP contribution in [0.3, 0.4) is 0 Å². The third kappa shape index (κ3) is 4.67. The number of benzene rings is 2. The highest BCUT2D eigenvalue weighted by Crippen LogP contribution is 2.38. The summed E-state index contributed by atoms with van der Waals surface area (Å²) in [5.74, 6) is 0.0853. The van der Waals surface area contributed by atoms with E-state index in [0.29, 0.717) is 16.6 Å². The Morgan fingerprint density at radius 1 is 1.29 bits per heavy atom. The van der Waals surface area contributed by atoms with Crippen molar-refractivity contribution in [2.24, 2.45) is 0 Å². The summed E-state index contributed by atoms with van der Waals surface area (Å²) in [6.45, 7) is 4.79. The number of nitrogens with zero attached hydrogens (tertiary/aromatic N) is 1. The van der Waals surface area contributed by atoms with Crippen LogP contribution in [0, 0.1) is 0 Å². The third-order valence-corrected chi connectivity index (χ3v) is 5.87. The van der Waals surface area contributed by atoms with Crippen molar-refractivity contribution < 1.29 is 14.6 Å². The van der Waals surface area contributed by atoms with Gasteiger partial charge >= 0.3 is 0 Å². The summed E-state index contributed by atoms with van der Waals surface area (Å²) in [5, 5.41) is 13.5. The van der Waals surface area contributed by atoms with Gasteiger partial charge in [0.05, 0.1) is 11.6 Å². The minimum atomic E-state index is -0.285. The van der Waals surface area contributed by atoms with Gasteiger partial charge in [0.2, 0.25) is 0 Å². The molecule has 0 unspecified atom stereocenters. The van der Waals surface area contributed by atoms with E-state index in [0.717, 1.165) is 38.0 Å². The summed E-state index contributed by atoms with van der Waals surface area (Å²) >= 11 is 3.34. The van der Waals surface area contributed by atoms with Gasteiger partial charge in [-0.3, -0.25) is 9.69 Å². The fourth-order valence-electron chi connectivity index (χ4n) is 3.72. The van der Waals surface area contributed by atoms with Crippen molar-refractivity contribution in [1.29, 1.82) is 0 Å². The first-order valence-electron chi connectivity index (χ1n) is 9.69. The zero-order valence-corrected chi connectivity index (χ0v) is 18.0. The SMILES string of the molecule is CCc1cc(Br)c(O)c(C(=O)NC2CCN(Cc3ccccc3)CC2)c1OC. The number of halogens is 1. The minimum Gasteiger partial charge on any atom is -0.506 e. The largest absolute Gasteiger partial charge is 0.506 e. The second kappa shape index (κ2) is 9.43. The van der Waals surface area contributed by atoms with Gasteiger partial charge < -0.3 is 15.2 Å². The second-order valence-corrected chi connectivity index (χ2v) is 7.99. The van der Waals surface area contributed by atoms with E-state index in [-0.39, 0.29) is 23.3 Å². The lowest BCUT2D eigenvalue weighted by atomic mass is 10.0. The Kier molecular flexibility index (Phi) is 6.97. The molecule has 1 fully saturated rings. The summed E-state index contributed by atoms with van der Waals surface area (Å²) in [7, 11) is 1.53. The number of aryl methyl sites for hydroxylation is 1. The number of piperidine rings is 1. The predicted octanol–water partition coefficient (Wildman–Crippen LogP) is 4.12. The topological polar surface area (TPSA) is 61.8 Å². The van der Waals surface area contributed by atoms with Gasteiger partial charge in [0.25, 0.3) is 5.91 Å². The summed E-state index contributed by atoms with van der Waals surface area (Å²) in [6.07, 6.45) is 2.48. The number of hydrogen-bond donors (Lipinski definition) is 2. The number of hydrogen-bond acceptors (Lipinski definition) is 4. The number of methoxy groups -OCH3 is 1. The van der Waals surface area contributed by atoms with Gasteiger partial charge in [-0.25, -0.2) is 0 Å². The van der Waals surface area contributed by atoms with E-state index in [1.807, 2.05) is 13.0 Å². The quantitative estimate of drug-likeness (QED) is 0.700. The zero-order chi connectivity index (χ0) is 20.1. The highest BCUT2D eigenvalue weighted by molar-refractivity contribution is 9.10. The molecule has 0 bridgehead atoms. The lowest BCUT2D eigenvalue weighted by Crippen LogP contribution is -2.44. The van der Waals surface area contributed by atoms with E-state index in [2.05, 4.69) is 50.4 Å². The minimum absolute atomic E-state index is 0.0759. The third-order valence-electron chi connectivity index (χ3n) is 5.27. The van der Waals surface area contributed by atoms with Crippen LogP contribution in [0.1, 0.15) is 41.3 Å². The molecule has 5 nitrogen and oxygen atoms in total. The predicted molar refractivity (Wildman–Crippen MR) is 114 cm³/mol. The molecule has 2 N–H and O–H groups in total. The standard InChI is InChI=1S/C22H27BrN2O3/c1-3-16-13-18(23)20(26)19(21(16)28-2)22(27)24-17-9-11-25(12-10-17)14-15-7-5-4-6-8-15/h4-8,13,17,26H,3,9-12,14H2,1-2H3,(H,24,27). The molecule has 1 heterocycles. The Hall–Kier alpha value is -2.05. The van der Waals surface area contributed by atoms with Crippen molar-refractivity contribution in [2.75, 3.05) is 20.2 Å². The van der Waals surface area contributed by atoms with Crippen molar-refractivity contribution in [3.63, 3.8) is 0 Å². The number of phenolic OH excluding ortho intramolecular Hbond substituents is 1. The Morgan fingerprint density at radius 3 is 2.57 bits per heavy atom. The first-order chi connectivity index (χ1) is 13.5. The number of carbonyl (C=O) groups excluding carboxylic acids is 1. The molecule has 0 saturated carbocycles. The molecule has 150 valence electrons. The molecule has 3 rings (SSSR count). The molecule has 1 amide bonds. The van der Waals surface area contributed by atoms with Crippen molar-refractivity contribution in [3.8, 4) is 11.5 Å². The molecule has 28 heavy (non-hydrogen) atoms. The first-order valence-corrected chi connectivity index (χ1v) is 10.5. The van der Waals surface area contributed by atoms with E-state index in [9.17, 15) is 9.90 Å². The summed E-state index contributed by atoms with van der Waals surface area (Å²) < 4.78 is 5.95. The highest BCUT2D eigenvalue weighted by Gasteiger charge is 2.26. The van der Waals surface area contributed by atoms with E-state index in [4.69, 9.17) is 4.74 Å². The van der Waals surface area contributed by atoms with Crippen LogP contribution >= 0.6 is 15.9 Å². The Balaban J connectivity index is 1.64. The molecule has 0 spiro atoms. The van der Waals surface area contributed by atoms with Crippen LogP contribution in [0.25, 0.3) is 0 Å². The van der Waals surface area contributed by atoms with Gasteiger partial charge in [0, 0.05) is 25.7 Å². The van der Waals surface area contributed by atoms with Gasteiger partial charge in [0.15, 0.2) is 0 Å². The molecule has 1 aliphatic heterocycles. The molecule has 0 aliphatic carbocycles. The maximum Gasteiger partial charge on any atom is 0.259 e. The van der Waals surface area contributed by atoms with Crippen molar-refractivity contribution >= 4 is 21.8 Å². The van der Waals surface area contributed by atoms with E-state index in [1.54, 1.807) is 6.07 Å². The number of carbonyl (C=O) groups is 1. The number of ether oxygens (including phenoxy) is 1. The molecule has 0 aromatic heterocycles. The molecule has 1 aliphatic rings. The molecule has 2 aromatic rings. The summed E-state index contributed by atoms with van der Waals surface area (Å²) in [5.41, 5.74) is 2.40. The zero-order valence-electron chi connectivity index (χ0n) is 16.4. The van der Waals surface area contributed by atoms with Gasteiger partial charge in [-0.1, -0.05) is 37.3 Å². The normalized spacial score (nSPS) is 15.4. The Morgan fingerprint density at radius 2 is 1.96 bits per heavy atom. The van der Waals surface area contributed by atoms with Crippen molar-refractivity contribution in [3.05, 3.63) is 57.6 Å². The van der Waals surface area contributed by atoms with Crippen LogP contribution in [0.5, 0.6) is 11.5 Å². The Labute approximate surface area is 174 Å². The molecule has 1 saturated heterocycles. The van der Waals surface area contributed by atoms with Crippen LogP contribution in [-0.2, 0) is 13.0 Å². The van der Waals surface area contributed by atoms with Crippen LogP contribution in [0.15, 0.2) is 40.9 Å².